The number of likely N-dealkylation sites (tertiary alicyclic amines) is 1. The second kappa shape index (κ2) is 6.79. The SMILES string of the molecule is Cc1cnc([C@H]2COCCN2C(=O)CN2CCC(C)CC2)[nH]1. The Hall–Kier alpha value is -1.40. The van der Waals surface area contributed by atoms with Crippen LogP contribution < -0.4 is 0 Å². The summed E-state index contributed by atoms with van der Waals surface area (Å²) in [5.41, 5.74) is 1.01. The number of aryl methyl sites for hydroxylation is 1. The van der Waals surface area contributed by atoms with Gasteiger partial charge in [-0.25, -0.2) is 4.98 Å². The molecule has 0 spiro atoms. The summed E-state index contributed by atoms with van der Waals surface area (Å²) in [6.07, 6.45) is 4.19. The van der Waals surface area contributed by atoms with E-state index in [-0.39, 0.29) is 11.9 Å². The lowest BCUT2D eigenvalue weighted by Gasteiger charge is -2.37. The normalized spacial score (nSPS) is 24.6. The molecule has 1 N–H and O–H groups in total. The van der Waals surface area contributed by atoms with E-state index < -0.39 is 0 Å². The predicted octanol–water partition coefficient (Wildman–Crippen LogP) is 1.35. The molecular weight excluding hydrogens is 280 g/mol. The average molecular weight is 306 g/mol. The quantitative estimate of drug-likeness (QED) is 0.916. The molecule has 122 valence electrons. The van der Waals surface area contributed by atoms with Crippen LogP contribution in [0.5, 0.6) is 0 Å². The Bertz CT molecular complexity index is 508. The highest BCUT2D eigenvalue weighted by atomic mass is 16.5. The highest BCUT2D eigenvalue weighted by Crippen LogP contribution is 2.23. The van der Waals surface area contributed by atoms with Gasteiger partial charge in [0.1, 0.15) is 11.9 Å². The summed E-state index contributed by atoms with van der Waals surface area (Å²) in [7, 11) is 0. The number of H-pyrrole nitrogens is 1. The Morgan fingerprint density at radius 2 is 2.18 bits per heavy atom. The van der Waals surface area contributed by atoms with Gasteiger partial charge in [-0.1, -0.05) is 6.92 Å². The molecule has 1 atom stereocenters. The van der Waals surface area contributed by atoms with E-state index in [0.29, 0.717) is 26.3 Å². The molecule has 1 aromatic heterocycles. The summed E-state index contributed by atoms with van der Waals surface area (Å²) >= 11 is 0. The van der Waals surface area contributed by atoms with Gasteiger partial charge in [-0.2, -0.15) is 0 Å². The van der Waals surface area contributed by atoms with Crippen molar-refractivity contribution in [2.24, 2.45) is 5.92 Å². The molecule has 0 aliphatic carbocycles. The molecule has 0 saturated carbocycles. The van der Waals surface area contributed by atoms with Gasteiger partial charge in [-0.15, -0.1) is 0 Å². The molecule has 2 fully saturated rings. The summed E-state index contributed by atoms with van der Waals surface area (Å²) in [4.78, 5) is 24.6. The van der Waals surface area contributed by atoms with Crippen molar-refractivity contribution in [2.45, 2.75) is 32.7 Å². The largest absolute Gasteiger partial charge is 0.377 e. The van der Waals surface area contributed by atoms with Crippen molar-refractivity contribution in [2.75, 3.05) is 39.4 Å². The number of aromatic amines is 1. The summed E-state index contributed by atoms with van der Waals surface area (Å²) < 4.78 is 5.56. The molecule has 0 aromatic carbocycles. The molecule has 0 bridgehead atoms. The molecule has 0 unspecified atom stereocenters. The van der Waals surface area contributed by atoms with E-state index in [2.05, 4.69) is 21.8 Å². The molecule has 0 radical (unpaired) electrons. The first-order valence-electron chi connectivity index (χ1n) is 8.24. The van der Waals surface area contributed by atoms with Crippen LogP contribution in [0.2, 0.25) is 0 Å². The number of morpholine rings is 1. The minimum Gasteiger partial charge on any atom is -0.377 e. The first-order chi connectivity index (χ1) is 10.6. The van der Waals surface area contributed by atoms with Gasteiger partial charge in [0.15, 0.2) is 0 Å². The van der Waals surface area contributed by atoms with Gasteiger partial charge in [0.05, 0.1) is 19.8 Å². The number of carbonyl (C=O) groups is 1. The van der Waals surface area contributed by atoms with Crippen LogP contribution in [0.15, 0.2) is 6.20 Å². The number of rotatable bonds is 3. The summed E-state index contributed by atoms with van der Waals surface area (Å²) in [5, 5.41) is 0. The standard InChI is InChI=1S/C16H26N4O2/c1-12-3-5-19(6-4-12)10-15(21)20-7-8-22-11-14(20)16-17-9-13(2)18-16/h9,12,14H,3-8,10-11H2,1-2H3,(H,17,18)/t14-/m1/s1. The van der Waals surface area contributed by atoms with Gasteiger partial charge in [-0.05, 0) is 38.8 Å². The van der Waals surface area contributed by atoms with E-state index in [4.69, 9.17) is 4.74 Å². The molecule has 2 aliphatic heterocycles. The van der Waals surface area contributed by atoms with Gasteiger partial charge in [0.2, 0.25) is 5.91 Å². The number of piperidine rings is 1. The second-order valence-corrected chi connectivity index (χ2v) is 6.59. The minimum absolute atomic E-state index is 0.0846. The topological polar surface area (TPSA) is 61.5 Å². The summed E-state index contributed by atoms with van der Waals surface area (Å²) in [6, 6.07) is -0.0846. The zero-order chi connectivity index (χ0) is 15.5. The number of hydrogen-bond acceptors (Lipinski definition) is 4. The highest BCUT2D eigenvalue weighted by Gasteiger charge is 2.31. The fourth-order valence-electron chi connectivity index (χ4n) is 3.23. The van der Waals surface area contributed by atoms with E-state index in [1.807, 2.05) is 11.8 Å². The molecule has 3 rings (SSSR count). The second-order valence-electron chi connectivity index (χ2n) is 6.59. The van der Waals surface area contributed by atoms with Crippen molar-refractivity contribution in [1.29, 1.82) is 0 Å². The lowest BCUT2D eigenvalue weighted by atomic mass is 9.99. The van der Waals surface area contributed by atoms with Crippen LogP contribution >= 0.6 is 0 Å². The van der Waals surface area contributed by atoms with Crippen LogP contribution in [-0.4, -0.2) is 65.1 Å². The van der Waals surface area contributed by atoms with E-state index >= 15 is 0 Å². The number of nitrogens with zero attached hydrogens (tertiary/aromatic N) is 3. The van der Waals surface area contributed by atoms with Gasteiger partial charge in [0.25, 0.3) is 0 Å². The van der Waals surface area contributed by atoms with E-state index in [1.165, 1.54) is 12.8 Å². The van der Waals surface area contributed by atoms with Crippen molar-refractivity contribution in [3.8, 4) is 0 Å². The maximum atomic E-state index is 12.7. The van der Waals surface area contributed by atoms with E-state index in [0.717, 1.165) is 30.5 Å². The molecule has 1 amide bonds. The van der Waals surface area contributed by atoms with Crippen molar-refractivity contribution in [3.05, 3.63) is 17.7 Å². The average Bonchev–Trinajstić information content (AvgIpc) is 2.96. The zero-order valence-corrected chi connectivity index (χ0v) is 13.5. The van der Waals surface area contributed by atoms with Gasteiger partial charge >= 0.3 is 0 Å². The van der Waals surface area contributed by atoms with Gasteiger partial charge in [0, 0.05) is 18.4 Å². The molecular formula is C16H26N4O2. The molecule has 1 aromatic rings. The van der Waals surface area contributed by atoms with Crippen molar-refractivity contribution in [1.82, 2.24) is 19.8 Å². The Morgan fingerprint density at radius 1 is 1.41 bits per heavy atom. The molecule has 3 heterocycles. The van der Waals surface area contributed by atoms with Gasteiger partial charge < -0.3 is 14.6 Å². The fraction of sp³-hybridized carbons (Fsp3) is 0.750. The molecule has 2 aliphatic rings. The Labute approximate surface area is 131 Å². The minimum atomic E-state index is -0.0846. The van der Waals surface area contributed by atoms with Crippen molar-refractivity contribution >= 4 is 5.91 Å². The number of amides is 1. The highest BCUT2D eigenvalue weighted by molar-refractivity contribution is 5.78. The van der Waals surface area contributed by atoms with Crippen LogP contribution in [0.4, 0.5) is 0 Å². The molecule has 2 saturated heterocycles. The maximum Gasteiger partial charge on any atom is 0.237 e. The van der Waals surface area contributed by atoms with Crippen molar-refractivity contribution < 1.29 is 9.53 Å². The molecule has 6 heteroatoms. The van der Waals surface area contributed by atoms with Crippen LogP contribution in [-0.2, 0) is 9.53 Å². The third-order valence-corrected chi connectivity index (χ3v) is 4.72. The van der Waals surface area contributed by atoms with Crippen LogP contribution in [0.25, 0.3) is 0 Å². The third-order valence-electron chi connectivity index (χ3n) is 4.72. The summed E-state index contributed by atoms with van der Waals surface area (Å²) in [5.74, 6) is 1.81. The van der Waals surface area contributed by atoms with E-state index in [9.17, 15) is 4.79 Å². The molecule has 22 heavy (non-hydrogen) atoms. The first kappa shape index (κ1) is 15.5. The number of imidazole rings is 1. The number of ether oxygens (including phenoxy) is 1. The lowest BCUT2D eigenvalue weighted by molar-refractivity contribution is -0.142. The zero-order valence-electron chi connectivity index (χ0n) is 13.5. The van der Waals surface area contributed by atoms with E-state index in [1.54, 1.807) is 6.20 Å². The van der Waals surface area contributed by atoms with Crippen LogP contribution in [0.3, 0.4) is 0 Å². The van der Waals surface area contributed by atoms with Crippen molar-refractivity contribution in [3.63, 3.8) is 0 Å². The summed E-state index contributed by atoms with van der Waals surface area (Å²) in [6.45, 7) is 8.62. The Kier molecular flexibility index (Phi) is 4.78. The number of nitrogens with one attached hydrogen (secondary N) is 1. The van der Waals surface area contributed by atoms with Crippen LogP contribution in [0.1, 0.15) is 37.3 Å². The molecule has 6 nitrogen and oxygen atoms in total. The smallest absolute Gasteiger partial charge is 0.237 e. The Morgan fingerprint density at radius 3 is 2.86 bits per heavy atom. The number of aromatic nitrogens is 2. The lowest BCUT2D eigenvalue weighted by Crippen LogP contribution is -2.49. The van der Waals surface area contributed by atoms with Crippen LogP contribution in [0, 0.1) is 12.8 Å². The number of hydrogen-bond donors (Lipinski definition) is 1. The third kappa shape index (κ3) is 3.50. The maximum absolute atomic E-state index is 12.7. The number of carbonyl (C=O) groups excluding carboxylic acids is 1. The predicted molar refractivity (Wildman–Crippen MR) is 83.4 cm³/mol. The first-order valence-corrected chi connectivity index (χ1v) is 8.24. The fourth-order valence-corrected chi connectivity index (χ4v) is 3.23. The Balaban J connectivity index is 1.64. The monoisotopic (exact) mass is 306 g/mol. The van der Waals surface area contributed by atoms with Gasteiger partial charge in [-0.3, -0.25) is 9.69 Å².